The van der Waals surface area contributed by atoms with Gasteiger partial charge in [-0.05, 0) is 25.5 Å². The van der Waals surface area contributed by atoms with Crippen molar-refractivity contribution in [3.63, 3.8) is 0 Å². The van der Waals surface area contributed by atoms with E-state index in [1.165, 1.54) is 16.5 Å². The number of hydrogen-bond acceptors (Lipinski definition) is 2. The predicted molar refractivity (Wildman–Crippen MR) is 65.1 cm³/mol. The molecule has 0 fully saturated rings. The first-order valence-electron chi connectivity index (χ1n) is 5.40. The highest BCUT2D eigenvalue weighted by Crippen LogP contribution is 2.22. The highest BCUT2D eigenvalue weighted by Gasteiger charge is 2.02. The van der Waals surface area contributed by atoms with E-state index >= 15 is 0 Å². The van der Waals surface area contributed by atoms with Crippen LogP contribution in [0.2, 0.25) is 0 Å². The number of hydrogen-bond donors (Lipinski definition) is 1. The summed E-state index contributed by atoms with van der Waals surface area (Å²) < 4.78 is 0. The first kappa shape index (κ1) is 9.97. The molecule has 0 unspecified atom stereocenters. The van der Waals surface area contributed by atoms with E-state index in [-0.39, 0.29) is 0 Å². The molecule has 0 aliphatic heterocycles. The Kier molecular flexibility index (Phi) is 2.86. The third-order valence-corrected chi connectivity index (χ3v) is 2.70. The number of nitrogens with zero attached hydrogens (tertiary/aromatic N) is 1. The van der Waals surface area contributed by atoms with Crippen molar-refractivity contribution in [3.05, 3.63) is 36.7 Å². The zero-order chi connectivity index (χ0) is 10.7. The molecule has 1 heterocycles. The number of aromatic nitrogens is 1. The van der Waals surface area contributed by atoms with Gasteiger partial charge >= 0.3 is 0 Å². The van der Waals surface area contributed by atoms with Gasteiger partial charge in [0, 0.05) is 34.9 Å². The van der Waals surface area contributed by atoms with Crippen molar-refractivity contribution in [3.8, 4) is 0 Å². The van der Waals surface area contributed by atoms with E-state index < -0.39 is 0 Å². The maximum atomic E-state index is 4.13. The molecule has 0 amide bonds. The predicted octanol–water partition coefficient (Wildman–Crippen LogP) is 3.45. The molecule has 1 atom stereocenters. The Balaban J connectivity index is 2.42. The van der Waals surface area contributed by atoms with Gasteiger partial charge in [0.15, 0.2) is 0 Å². The van der Waals surface area contributed by atoms with E-state index in [2.05, 4.69) is 48.4 Å². The van der Waals surface area contributed by atoms with Gasteiger partial charge in [-0.15, -0.1) is 0 Å². The van der Waals surface area contributed by atoms with Gasteiger partial charge < -0.3 is 5.32 Å². The Morgan fingerprint density at radius 2 is 2.20 bits per heavy atom. The molecule has 78 valence electrons. The Morgan fingerprint density at radius 3 is 3.00 bits per heavy atom. The van der Waals surface area contributed by atoms with Gasteiger partial charge in [0.2, 0.25) is 0 Å². The third kappa shape index (κ3) is 2.09. The Hall–Kier alpha value is -1.57. The minimum atomic E-state index is 0.503. The van der Waals surface area contributed by atoms with Gasteiger partial charge in [0.25, 0.3) is 0 Å². The summed E-state index contributed by atoms with van der Waals surface area (Å²) >= 11 is 0. The summed E-state index contributed by atoms with van der Waals surface area (Å²) in [6, 6.07) is 8.83. The molecule has 15 heavy (non-hydrogen) atoms. The quantitative estimate of drug-likeness (QED) is 0.820. The Bertz CT molecular complexity index is 446. The Labute approximate surface area is 90.3 Å². The maximum absolute atomic E-state index is 4.13. The van der Waals surface area contributed by atoms with Gasteiger partial charge in [-0.2, -0.15) is 0 Å². The van der Waals surface area contributed by atoms with Crippen LogP contribution in [0.15, 0.2) is 36.7 Å². The fraction of sp³-hybridized carbons (Fsp3) is 0.308. The van der Waals surface area contributed by atoms with Gasteiger partial charge in [0.1, 0.15) is 0 Å². The zero-order valence-corrected chi connectivity index (χ0v) is 9.20. The summed E-state index contributed by atoms with van der Waals surface area (Å²) in [6.45, 7) is 4.38. The van der Waals surface area contributed by atoms with Crippen molar-refractivity contribution in [2.24, 2.45) is 0 Å². The van der Waals surface area contributed by atoms with Crippen molar-refractivity contribution < 1.29 is 0 Å². The smallest absolute Gasteiger partial charge is 0.0423 e. The normalized spacial score (nSPS) is 12.7. The maximum Gasteiger partial charge on any atom is 0.0423 e. The minimum absolute atomic E-state index is 0.503. The van der Waals surface area contributed by atoms with Gasteiger partial charge in [0.05, 0.1) is 0 Å². The van der Waals surface area contributed by atoms with E-state index in [0.29, 0.717) is 6.04 Å². The van der Waals surface area contributed by atoms with Crippen molar-refractivity contribution in [2.75, 3.05) is 5.32 Å². The van der Waals surface area contributed by atoms with Crippen molar-refractivity contribution >= 4 is 16.5 Å². The minimum Gasteiger partial charge on any atom is -0.382 e. The van der Waals surface area contributed by atoms with Crippen LogP contribution < -0.4 is 5.32 Å². The highest BCUT2D eigenvalue weighted by molar-refractivity contribution is 5.93. The standard InChI is InChI=1S/C13H16N2/c1-3-10(2)15-13-6-4-5-11-9-14-8-7-12(11)13/h4-10,15H,3H2,1-2H3/t10-/m0/s1. The van der Waals surface area contributed by atoms with Crippen LogP contribution in [0.25, 0.3) is 10.8 Å². The summed E-state index contributed by atoms with van der Waals surface area (Å²) in [5.74, 6) is 0. The summed E-state index contributed by atoms with van der Waals surface area (Å²) in [5.41, 5.74) is 1.20. The molecular formula is C13H16N2. The number of anilines is 1. The fourth-order valence-corrected chi connectivity index (χ4v) is 1.62. The van der Waals surface area contributed by atoms with Crippen LogP contribution in [-0.4, -0.2) is 11.0 Å². The molecule has 0 spiro atoms. The lowest BCUT2D eigenvalue weighted by Gasteiger charge is -2.14. The van der Waals surface area contributed by atoms with Crippen molar-refractivity contribution in [2.45, 2.75) is 26.3 Å². The Morgan fingerprint density at radius 1 is 1.33 bits per heavy atom. The molecule has 0 aliphatic carbocycles. The first-order valence-corrected chi connectivity index (χ1v) is 5.40. The van der Waals surface area contributed by atoms with Gasteiger partial charge in [-0.25, -0.2) is 0 Å². The topological polar surface area (TPSA) is 24.9 Å². The number of fused-ring (bicyclic) bond motifs is 1. The molecule has 1 aromatic heterocycles. The molecule has 1 aromatic carbocycles. The second-order valence-electron chi connectivity index (χ2n) is 3.86. The number of pyridine rings is 1. The average Bonchev–Trinajstić information content (AvgIpc) is 2.29. The number of nitrogens with one attached hydrogen (secondary N) is 1. The van der Waals surface area contributed by atoms with Crippen molar-refractivity contribution in [1.29, 1.82) is 0 Å². The van der Waals surface area contributed by atoms with E-state index in [4.69, 9.17) is 0 Å². The summed E-state index contributed by atoms with van der Waals surface area (Å²) in [6.07, 6.45) is 4.86. The molecule has 0 saturated carbocycles. The van der Waals surface area contributed by atoms with E-state index in [1.54, 1.807) is 0 Å². The number of rotatable bonds is 3. The highest BCUT2D eigenvalue weighted by atomic mass is 14.9. The second-order valence-corrected chi connectivity index (χ2v) is 3.86. The molecule has 0 bridgehead atoms. The van der Waals surface area contributed by atoms with Gasteiger partial charge in [-0.3, -0.25) is 4.98 Å². The van der Waals surface area contributed by atoms with Crippen molar-refractivity contribution in [1.82, 2.24) is 4.98 Å². The van der Waals surface area contributed by atoms with E-state index in [0.717, 1.165) is 6.42 Å². The zero-order valence-electron chi connectivity index (χ0n) is 9.20. The van der Waals surface area contributed by atoms with Crippen LogP contribution in [0.5, 0.6) is 0 Å². The lowest BCUT2D eigenvalue weighted by Crippen LogP contribution is -2.13. The first-order chi connectivity index (χ1) is 7.31. The largest absolute Gasteiger partial charge is 0.382 e. The molecule has 2 rings (SSSR count). The number of benzene rings is 1. The van der Waals surface area contributed by atoms with Crippen LogP contribution >= 0.6 is 0 Å². The second kappa shape index (κ2) is 4.30. The van der Waals surface area contributed by atoms with E-state index in [1.807, 2.05) is 12.4 Å². The molecule has 2 heteroatoms. The molecule has 2 aromatic rings. The summed E-state index contributed by atoms with van der Waals surface area (Å²) in [4.78, 5) is 4.13. The van der Waals surface area contributed by atoms with Crippen LogP contribution in [0, 0.1) is 0 Å². The fourth-order valence-electron chi connectivity index (χ4n) is 1.62. The molecule has 0 radical (unpaired) electrons. The molecule has 2 nitrogen and oxygen atoms in total. The van der Waals surface area contributed by atoms with E-state index in [9.17, 15) is 0 Å². The SMILES string of the molecule is CC[C@H](C)Nc1cccc2cnccc12. The van der Waals surface area contributed by atoms with Gasteiger partial charge in [-0.1, -0.05) is 19.1 Å². The summed E-state index contributed by atoms with van der Waals surface area (Å²) in [5, 5.41) is 5.94. The molecule has 0 saturated heterocycles. The van der Waals surface area contributed by atoms with Crippen LogP contribution in [0.1, 0.15) is 20.3 Å². The lowest BCUT2D eigenvalue weighted by molar-refractivity contribution is 0.765. The lowest BCUT2D eigenvalue weighted by atomic mass is 10.1. The monoisotopic (exact) mass is 200 g/mol. The average molecular weight is 200 g/mol. The third-order valence-electron chi connectivity index (χ3n) is 2.70. The molecule has 0 aliphatic rings. The molecule has 1 N–H and O–H groups in total. The van der Waals surface area contributed by atoms with Crippen LogP contribution in [-0.2, 0) is 0 Å². The van der Waals surface area contributed by atoms with Crippen LogP contribution in [0.4, 0.5) is 5.69 Å². The molecular weight excluding hydrogens is 184 g/mol. The van der Waals surface area contributed by atoms with Crippen LogP contribution in [0.3, 0.4) is 0 Å². The summed E-state index contributed by atoms with van der Waals surface area (Å²) in [7, 11) is 0.